The highest BCUT2D eigenvalue weighted by atomic mass is 16.5. The number of ether oxygens (including phenoxy) is 1. The second-order valence-corrected chi connectivity index (χ2v) is 4.83. The van der Waals surface area contributed by atoms with E-state index in [1.165, 1.54) is 5.69 Å². The van der Waals surface area contributed by atoms with E-state index in [1.807, 2.05) is 18.7 Å². The van der Waals surface area contributed by atoms with Gasteiger partial charge >= 0.3 is 0 Å². The average molecular weight is 223 g/mol. The lowest BCUT2D eigenvalue weighted by molar-refractivity contribution is 0.0401. The molecule has 0 saturated carbocycles. The van der Waals surface area contributed by atoms with Crippen molar-refractivity contribution in [3.05, 3.63) is 17.5 Å². The highest BCUT2D eigenvalue weighted by Crippen LogP contribution is 2.22. The SMILES string of the molecule is Cc1cc(CC(N)C2CCC(C)O2)n(C)n1. The Bertz CT molecular complexity index is 361. The molecule has 3 unspecified atom stereocenters. The first-order valence-corrected chi connectivity index (χ1v) is 5.97. The van der Waals surface area contributed by atoms with Crippen molar-refractivity contribution in [1.29, 1.82) is 0 Å². The van der Waals surface area contributed by atoms with Crippen molar-refractivity contribution in [1.82, 2.24) is 9.78 Å². The van der Waals surface area contributed by atoms with Gasteiger partial charge < -0.3 is 10.5 Å². The Kier molecular flexibility index (Phi) is 3.30. The van der Waals surface area contributed by atoms with E-state index in [1.54, 1.807) is 0 Å². The molecule has 16 heavy (non-hydrogen) atoms. The Balaban J connectivity index is 1.96. The van der Waals surface area contributed by atoms with E-state index in [2.05, 4.69) is 18.1 Å². The molecular weight excluding hydrogens is 202 g/mol. The molecular formula is C12H21N3O. The van der Waals surface area contributed by atoms with Crippen LogP contribution < -0.4 is 5.73 Å². The van der Waals surface area contributed by atoms with Gasteiger partial charge in [-0.2, -0.15) is 5.10 Å². The topological polar surface area (TPSA) is 53.1 Å². The van der Waals surface area contributed by atoms with Gasteiger partial charge in [0.2, 0.25) is 0 Å². The summed E-state index contributed by atoms with van der Waals surface area (Å²) in [5.74, 6) is 0. The number of aromatic nitrogens is 2. The Labute approximate surface area is 96.8 Å². The molecule has 4 nitrogen and oxygen atoms in total. The highest BCUT2D eigenvalue weighted by Gasteiger charge is 2.27. The monoisotopic (exact) mass is 223 g/mol. The van der Waals surface area contributed by atoms with Crippen molar-refractivity contribution in [2.75, 3.05) is 0 Å². The Morgan fingerprint density at radius 2 is 2.38 bits per heavy atom. The van der Waals surface area contributed by atoms with Gasteiger partial charge in [0.1, 0.15) is 0 Å². The summed E-state index contributed by atoms with van der Waals surface area (Å²) in [7, 11) is 1.97. The van der Waals surface area contributed by atoms with Crippen LogP contribution in [0.25, 0.3) is 0 Å². The normalized spacial score (nSPS) is 27.2. The van der Waals surface area contributed by atoms with Gasteiger partial charge in [-0.05, 0) is 32.8 Å². The molecule has 90 valence electrons. The van der Waals surface area contributed by atoms with Gasteiger partial charge in [-0.1, -0.05) is 0 Å². The van der Waals surface area contributed by atoms with Gasteiger partial charge in [0, 0.05) is 25.2 Å². The number of rotatable bonds is 3. The molecule has 0 amide bonds. The van der Waals surface area contributed by atoms with Gasteiger partial charge in [0.15, 0.2) is 0 Å². The van der Waals surface area contributed by atoms with Crippen LogP contribution in [0.1, 0.15) is 31.2 Å². The summed E-state index contributed by atoms with van der Waals surface area (Å²) in [4.78, 5) is 0. The molecule has 0 aliphatic carbocycles. The second kappa shape index (κ2) is 4.55. The van der Waals surface area contributed by atoms with Crippen molar-refractivity contribution in [2.45, 2.75) is 51.4 Å². The highest BCUT2D eigenvalue weighted by molar-refractivity contribution is 5.10. The van der Waals surface area contributed by atoms with E-state index in [4.69, 9.17) is 10.5 Å². The molecule has 1 aliphatic heterocycles. The molecule has 1 saturated heterocycles. The maximum Gasteiger partial charge on any atom is 0.0734 e. The molecule has 1 aromatic rings. The molecule has 3 atom stereocenters. The lowest BCUT2D eigenvalue weighted by Gasteiger charge is -2.19. The predicted molar refractivity (Wildman–Crippen MR) is 63.2 cm³/mol. The first kappa shape index (κ1) is 11.6. The van der Waals surface area contributed by atoms with Crippen LogP contribution in [0.3, 0.4) is 0 Å². The second-order valence-electron chi connectivity index (χ2n) is 4.83. The van der Waals surface area contributed by atoms with Crippen molar-refractivity contribution >= 4 is 0 Å². The Morgan fingerprint density at radius 1 is 1.62 bits per heavy atom. The van der Waals surface area contributed by atoms with Crippen molar-refractivity contribution in [3.63, 3.8) is 0 Å². The van der Waals surface area contributed by atoms with Crippen LogP contribution >= 0.6 is 0 Å². The van der Waals surface area contributed by atoms with Crippen molar-refractivity contribution in [3.8, 4) is 0 Å². The molecule has 2 rings (SSSR count). The summed E-state index contributed by atoms with van der Waals surface area (Å²) in [6.45, 7) is 4.12. The van der Waals surface area contributed by atoms with Gasteiger partial charge in [0.05, 0.1) is 17.9 Å². The largest absolute Gasteiger partial charge is 0.374 e. The smallest absolute Gasteiger partial charge is 0.0734 e. The summed E-state index contributed by atoms with van der Waals surface area (Å²) in [6, 6.07) is 2.18. The van der Waals surface area contributed by atoms with E-state index < -0.39 is 0 Å². The first-order chi connectivity index (χ1) is 7.56. The molecule has 4 heteroatoms. The maximum atomic E-state index is 6.19. The van der Waals surface area contributed by atoms with Crippen LogP contribution in [0.5, 0.6) is 0 Å². The van der Waals surface area contributed by atoms with Crippen LogP contribution in [0.4, 0.5) is 0 Å². The average Bonchev–Trinajstić information content (AvgIpc) is 2.74. The van der Waals surface area contributed by atoms with Crippen LogP contribution in [0.2, 0.25) is 0 Å². The molecule has 1 fully saturated rings. The van der Waals surface area contributed by atoms with Gasteiger partial charge in [-0.3, -0.25) is 4.68 Å². The Morgan fingerprint density at radius 3 is 2.88 bits per heavy atom. The zero-order chi connectivity index (χ0) is 11.7. The summed E-state index contributed by atoms with van der Waals surface area (Å²) in [5, 5.41) is 4.33. The van der Waals surface area contributed by atoms with E-state index >= 15 is 0 Å². The number of hydrogen-bond donors (Lipinski definition) is 1. The fourth-order valence-corrected chi connectivity index (χ4v) is 2.38. The lowest BCUT2D eigenvalue weighted by Crippen LogP contribution is -2.37. The van der Waals surface area contributed by atoms with E-state index in [9.17, 15) is 0 Å². The third-order valence-corrected chi connectivity index (χ3v) is 3.29. The summed E-state index contributed by atoms with van der Waals surface area (Å²) >= 11 is 0. The summed E-state index contributed by atoms with van der Waals surface area (Å²) in [5.41, 5.74) is 8.42. The van der Waals surface area contributed by atoms with Crippen LogP contribution in [-0.4, -0.2) is 28.0 Å². The molecule has 0 radical (unpaired) electrons. The van der Waals surface area contributed by atoms with Gasteiger partial charge in [-0.15, -0.1) is 0 Å². The summed E-state index contributed by atoms with van der Waals surface area (Å²) < 4.78 is 7.70. The summed E-state index contributed by atoms with van der Waals surface area (Å²) in [6.07, 6.45) is 3.63. The zero-order valence-electron chi connectivity index (χ0n) is 10.3. The Hall–Kier alpha value is -0.870. The minimum Gasteiger partial charge on any atom is -0.374 e. The minimum absolute atomic E-state index is 0.0831. The molecule has 2 N–H and O–H groups in total. The number of hydrogen-bond acceptors (Lipinski definition) is 3. The standard InChI is InChI=1S/C12H21N3O/c1-8-6-10(15(3)14-8)7-11(13)12-5-4-9(2)16-12/h6,9,11-12H,4-5,7,13H2,1-3H3. The molecule has 1 aromatic heterocycles. The van der Waals surface area contributed by atoms with Crippen LogP contribution in [0.15, 0.2) is 6.07 Å². The minimum atomic E-state index is 0.0831. The van der Waals surface area contributed by atoms with Gasteiger partial charge in [0.25, 0.3) is 0 Å². The molecule has 0 bridgehead atoms. The quantitative estimate of drug-likeness (QED) is 0.836. The lowest BCUT2D eigenvalue weighted by atomic mass is 10.0. The number of nitrogens with zero attached hydrogens (tertiary/aromatic N) is 2. The van der Waals surface area contributed by atoms with Crippen molar-refractivity contribution < 1.29 is 4.74 Å². The fraction of sp³-hybridized carbons (Fsp3) is 0.750. The van der Waals surface area contributed by atoms with Crippen LogP contribution in [0, 0.1) is 6.92 Å². The fourth-order valence-electron chi connectivity index (χ4n) is 2.38. The zero-order valence-corrected chi connectivity index (χ0v) is 10.3. The maximum absolute atomic E-state index is 6.19. The third-order valence-electron chi connectivity index (χ3n) is 3.29. The molecule has 0 aromatic carbocycles. The molecule has 0 spiro atoms. The predicted octanol–water partition coefficient (Wildman–Crippen LogP) is 1.17. The first-order valence-electron chi connectivity index (χ1n) is 5.97. The van der Waals surface area contributed by atoms with E-state index in [-0.39, 0.29) is 12.1 Å². The van der Waals surface area contributed by atoms with E-state index in [0.717, 1.165) is 25.0 Å². The van der Waals surface area contributed by atoms with Gasteiger partial charge in [-0.25, -0.2) is 0 Å². The number of nitrogens with two attached hydrogens (primary N) is 1. The third kappa shape index (κ3) is 2.44. The van der Waals surface area contributed by atoms with Crippen LogP contribution in [-0.2, 0) is 18.2 Å². The number of aryl methyl sites for hydroxylation is 2. The molecule has 2 heterocycles. The van der Waals surface area contributed by atoms with E-state index in [0.29, 0.717) is 6.10 Å². The van der Waals surface area contributed by atoms with Crippen molar-refractivity contribution in [2.24, 2.45) is 12.8 Å². The molecule has 1 aliphatic rings.